The second-order valence-corrected chi connectivity index (χ2v) is 4.09. The predicted molar refractivity (Wildman–Crippen MR) is 62.0 cm³/mol. The van der Waals surface area contributed by atoms with E-state index in [0.717, 1.165) is 11.1 Å². The zero-order valence-electron chi connectivity index (χ0n) is 9.83. The molecule has 1 radical (unpaired) electrons. The molecule has 0 aliphatic rings. The van der Waals surface area contributed by atoms with E-state index >= 15 is 0 Å². The van der Waals surface area contributed by atoms with Crippen LogP contribution in [0.15, 0.2) is 18.2 Å². The first kappa shape index (κ1) is 13.6. The van der Waals surface area contributed by atoms with Gasteiger partial charge in [-0.05, 0) is 23.0 Å². The molecule has 1 rings (SSSR count). The van der Waals surface area contributed by atoms with Gasteiger partial charge in [-0.2, -0.15) is 0 Å². The molecule has 0 fully saturated rings. The predicted octanol–water partition coefficient (Wildman–Crippen LogP) is 3.26. The fraction of sp³-hybridized carbons (Fsp3) is 0.500. The first-order chi connectivity index (χ1) is 6.04. The Morgan fingerprint density at radius 3 is 1.57 bits per heavy atom. The summed E-state index contributed by atoms with van der Waals surface area (Å²) in [6.45, 7) is 8.39. The summed E-state index contributed by atoms with van der Waals surface area (Å²) in [6.07, 6.45) is 0. The topological polar surface area (TPSA) is 20.2 Å². The van der Waals surface area contributed by atoms with Gasteiger partial charge >= 0.3 is 0 Å². The second-order valence-electron chi connectivity index (χ2n) is 4.09. The zero-order chi connectivity index (χ0) is 10.0. The Hall–Kier alpha value is -0.383. The van der Waals surface area contributed by atoms with Gasteiger partial charge in [-0.1, -0.05) is 45.9 Å². The SMILES string of the molecule is CC(C)c1cccc(C(C)C)c1O.[Li]. The molecule has 0 saturated heterocycles. The Balaban J connectivity index is 0.00000169. The van der Waals surface area contributed by atoms with Crippen molar-refractivity contribution in [2.45, 2.75) is 39.5 Å². The molecule has 0 amide bonds. The minimum Gasteiger partial charge on any atom is -0.507 e. The number of hydrogen-bond acceptors (Lipinski definition) is 1. The van der Waals surface area contributed by atoms with Crippen molar-refractivity contribution in [1.29, 1.82) is 0 Å². The summed E-state index contributed by atoms with van der Waals surface area (Å²) >= 11 is 0. The maximum atomic E-state index is 9.93. The Labute approximate surface area is 98.7 Å². The molecule has 0 aromatic heterocycles. The van der Waals surface area contributed by atoms with Gasteiger partial charge in [0.1, 0.15) is 5.75 Å². The van der Waals surface area contributed by atoms with Crippen molar-refractivity contribution < 1.29 is 5.11 Å². The van der Waals surface area contributed by atoms with Gasteiger partial charge in [-0.15, -0.1) is 0 Å². The molecular formula is C12H18LiO. The van der Waals surface area contributed by atoms with Crippen LogP contribution in [0.1, 0.15) is 50.7 Å². The van der Waals surface area contributed by atoms with Gasteiger partial charge in [0, 0.05) is 18.9 Å². The van der Waals surface area contributed by atoms with Crippen LogP contribution in [-0.4, -0.2) is 24.0 Å². The first-order valence-corrected chi connectivity index (χ1v) is 4.85. The number of phenols is 1. The number of benzene rings is 1. The van der Waals surface area contributed by atoms with E-state index in [2.05, 4.69) is 27.7 Å². The fourth-order valence-electron chi connectivity index (χ4n) is 1.51. The summed E-state index contributed by atoms with van der Waals surface area (Å²) in [5, 5.41) is 9.93. The molecule has 0 aliphatic carbocycles. The van der Waals surface area contributed by atoms with E-state index in [1.165, 1.54) is 0 Å². The molecule has 1 N–H and O–H groups in total. The zero-order valence-corrected chi connectivity index (χ0v) is 9.83. The third-order valence-electron chi connectivity index (χ3n) is 2.34. The fourth-order valence-corrected chi connectivity index (χ4v) is 1.51. The maximum absolute atomic E-state index is 9.93. The van der Waals surface area contributed by atoms with E-state index in [0.29, 0.717) is 17.6 Å². The summed E-state index contributed by atoms with van der Waals surface area (Å²) in [7, 11) is 0. The van der Waals surface area contributed by atoms with Gasteiger partial charge in [-0.3, -0.25) is 0 Å². The number of hydrogen-bond donors (Lipinski definition) is 1. The van der Waals surface area contributed by atoms with Crippen LogP contribution in [0, 0.1) is 0 Å². The van der Waals surface area contributed by atoms with Crippen molar-refractivity contribution in [3.05, 3.63) is 29.3 Å². The van der Waals surface area contributed by atoms with Crippen molar-refractivity contribution in [2.75, 3.05) is 0 Å². The monoisotopic (exact) mass is 185 g/mol. The van der Waals surface area contributed by atoms with E-state index in [-0.39, 0.29) is 18.9 Å². The van der Waals surface area contributed by atoms with Crippen LogP contribution in [-0.2, 0) is 0 Å². The number of phenolic OH excluding ortho intramolecular Hbond substituents is 1. The van der Waals surface area contributed by atoms with E-state index in [9.17, 15) is 5.11 Å². The van der Waals surface area contributed by atoms with Crippen molar-refractivity contribution in [2.24, 2.45) is 0 Å². The summed E-state index contributed by atoms with van der Waals surface area (Å²) in [4.78, 5) is 0. The van der Waals surface area contributed by atoms with Gasteiger partial charge in [0.15, 0.2) is 0 Å². The molecule has 2 heteroatoms. The van der Waals surface area contributed by atoms with Crippen LogP contribution in [0.25, 0.3) is 0 Å². The molecule has 0 atom stereocenters. The van der Waals surface area contributed by atoms with Crippen LogP contribution >= 0.6 is 0 Å². The minimum absolute atomic E-state index is 0. The van der Waals surface area contributed by atoms with E-state index in [1.807, 2.05) is 18.2 Å². The summed E-state index contributed by atoms with van der Waals surface area (Å²) in [5.41, 5.74) is 2.09. The molecule has 14 heavy (non-hydrogen) atoms. The molecule has 0 spiro atoms. The van der Waals surface area contributed by atoms with E-state index in [1.54, 1.807) is 0 Å². The Kier molecular flexibility index (Phi) is 5.34. The van der Waals surface area contributed by atoms with Crippen molar-refractivity contribution >= 4 is 18.9 Å². The second kappa shape index (κ2) is 5.49. The van der Waals surface area contributed by atoms with E-state index in [4.69, 9.17) is 0 Å². The molecule has 0 bridgehead atoms. The third kappa shape index (κ3) is 2.80. The summed E-state index contributed by atoms with van der Waals surface area (Å²) < 4.78 is 0. The quantitative estimate of drug-likeness (QED) is 0.701. The minimum atomic E-state index is 0. The van der Waals surface area contributed by atoms with Gasteiger partial charge in [0.2, 0.25) is 0 Å². The molecule has 0 saturated carbocycles. The van der Waals surface area contributed by atoms with Gasteiger partial charge in [0.25, 0.3) is 0 Å². The average molecular weight is 185 g/mol. The van der Waals surface area contributed by atoms with Crippen LogP contribution in [0.5, 0.6) is 5.75 Å². The maximum Gasteiger partial charge on any atom is 0.122 e. The summed E-state index contributed by atoms with van der Waals surface area (Å²) in [5.74, 6) is 1.25. The Morgan fingerprint density at radius 1 is 0.929 bits per heavy atom. The first-order valence-electron chi connectivity index (χ1n) is 4.85. The van der Waals surface area contributed by atoms with Crippen molar-refractivity contribution in [3.63, 3.8) is 0 Å². The molecule has 0 unspecified atom stereocenters. The molecule has 0 heterocycles. The molecule has 1 aromatic carbocycles. The molecular weight excluding hydrogens is 167 g/mol. The van der Waals surface area contributed by atoms with Crippen LogP contribution < -0.4 is 0 Å². The van der Waals surface area contributed by atoms with Gasteiger partial charge in [-0.25, -0.2) is 0 Å². The molecule has 73 valence electrons. The largest absolute Gasteiger partial charge is 0.507 e. The average Bonchev–Trinajstić information content (AvgIpc) is 2.03. The number of para-hydroxylation sites is 1. The van der Waals surface area contributed by atoms with Gasteiger partial charge < -0.3 is 5.11 Å². The third-order valence-corrected chi connectivity index (χ3v) is 2.34. The molecule has 1 nitrogen and oxygen atoms in total. The number of aromatic hydroxyl groups is 1. The Bertz CT molecular complexity index is 266. The van der Waals surface area contributed by atoms with Crippen molar-refractivity contribution in [3.8, 4) is 5.75 Å². The van der Waals surface area contributed by atoms with E-state index < -0.39 is 0 Å². The normalized spacial score (nSPS) is 10.4. The van der Waals surface area contributed by atoms with Crippen LogP contribution in [0.4, 0.5) is 0 Å². The summed E-state index contributed by atoms with van der Waals surface area (Å²) in [6, 6.07) is 6.00. The molecule has 1 aromatic rings. The van der Waals surface area contributed by atoms with Gasteiger partial charge in [0.05, 0.1) is 0 Å². The van der Waals surface area contributed by atoms with Crippen LogP contribution in [0.3, 0.4) is 0 Å². The smallest absolute Gasteiger partial charge is 0.122 e. The van der Waals surface area contributed by atoms with Crippen molar-refractivity contribution in [1.82, 2.24) is 0 Å². The Morgan fingerprint density at radius 2 is 1.29 bits per heavy atom. The molecule has 0 aliphatic heterocycles. The standard InChI is InChI=1S/C12H18O.Li/c1-8(2)10-6-5-7-11(9(3)4)12(10)13;/h5-9,13H,1-4H3;. The number of rotatable bonds is 2. The van der Waals surface area contributed by atoms with Crippen LogP contribution in [0.2, 0.25) is 0 Å².